The van der Waals surface area contributed by atoms with Gasteiger partial charge >= 0.3 is 0 Å². The third-order valence-electron chi connectivity index (χ3n) is 5.01. The van der Waals surface area contributed by atoms with Crippen LogP contribution in [0.4, 0.5) is 0 Å². The second kappa shape index (κ2) is 12.0. The lowest BCUT2D eigenvalue weighted by Gasteiger charge is -2.33. The Hall–Kier alpha value is -0.870. The molecule has 1 fully saturated rings. The summed E-state index contributed by atoms with van der Waals surface area (Å²) in [5, 5.41) is 9.50. The number of benzene rings is 1. The minimum Gasteiger partial charge on any atom is -0.359 e. The van der Waals surface area contributed by atoms with Crippen LogP contribution in [0.15, 0.2) is 33.7 Å². The zero-order chi connectivity index (χ0) is 19.9. The zero-order valence-electron chi connectivity index (χ0n) is 17.2. The van der Waals surface area contributed by atoms with Gasteiger partial charge in [-0.3, -0.25) is 14.7 Å². The van der Waals surface area contributed by atoms with Crippen molar-refractivity contribution in [3.63, 3.8) is 0 Å². The third kappa shape index (κ3) is 7.87. The first kappa shape index (κ1) is 25.2. The summed E-state index contributed by atoms with van der Waals surface area (Å²) in [6, 6.07) is 8.95. The molecule has 158 valence electrons. The minimum absolute atomic E-state index is 0. The molecule has 0 radical (unpaired) electrons. The Labute approximate surface area is 194 Å². The van der Waals surface area contributed by atoms with E-state index in [1.54, 1.807) is 14.1 Å². The number of rotatable bonds is 6. The molecule has 1 heterocycles. The Morgan fingerprint density at radius 3 is 2.39 bits per heavy atom. The molecule has 0 atom stereocenters. The lowest BCUT2D eigenvalue weighted by atomic mass is 9.92. The van der Waals surface area contributed by atoms with Crippen molar-refractivity contribution in [2.75, 3.05) is 33.7 Å². The smallest absolute Gasteiger partial charge is 0.227 e. The molecule has 0 saturated carbocycles. The SMILES string of the molecule is CN=C(NCC(C)(C)C(=O)NC)NC1CCN(Cc2ccc(Br)cc2)CC1.I. The minimum atomic E-state index is -0.486. The van der Waals surface area contributed by atoms with Gasteiger partial charge in [-0.2, -0.15) is 0 Å². The van der Waals surface area contributed by atoms with Crippen LogP contribution in [-0.2, 0) is 11.3 Å². The zero-order valence-corrected chi connectivity index (χ0v) is 21.1. The molecule has 1 aliphatic heterocycles. The quantitative estimate of drug-likeness (QED) is 0.282. The van der Waals surface area contributed by atoms with Crippen LogP contribution in [0.3, 0.4) is 0 Å². The van der Waals surface area contributed by atoms with Crippen LogP contribution in [0, 0.1) is 5.41 Å². The van der Waals surface area contributed by atoms with Crippen molar-refractivity contribution in [2.45, 2.75) is 39.3 Å². The molecule has 1 amide bonds. The molecule has 3 N–H and O–H groups in total. The second-order valence-electron chi connectivity index (χ2n) is 7.71. The monoisotopic (exact) mass is 565 g/mol. The lowest BCUT2D eigenvalue weighted by Crippen LogP contribution is -2.51. The van der Waals surface area contributed by atoms with E-state index in [9.17, 15) is 4.79 Å². The highest BCUT2D eigenvalue weighted by Gasteiger charge is 2.27. The predicted molar refractivity (Wildman–Crippen MR) is 130 cm³/mol. The van der Waals surface area contributed by atoms with Gasteiger partial charge in [0.05, 0.1) is 5.41 Å². The molecular formula is C20H33BrIN5O. The fourth-order valence-electron chi connectivity index (χ4n) is 3.19. The van der Waals surface area contributed by atoms with Gasteiger partial charge in [0.15, 0.2) is 5.96 Å². The van der Waals surface area contributed by atoms with E-state index < -0.39 is 5.41 Å². The Bertz CT molecular complexity index is 643. The van der Waals surface area contributed by atoms with Crippen LogP contribution in [0.5, 0.6) is 0 Å². The van der Waals surface area contributed by atoms with Crippen LogP contribution >= 0.6 is 39.9 Å². The molecule has 8 heteroatoms. The average Bonchev–Trinajstić information content (AvgIpc) is 2.67. The van der Waals surface area contributed by atoms with E-state index in [1.165, 1.54) is 5.56 Å². The summed E-state index contributed by atoms with van der Waals surface area (Å²) in [5.41, 5.74) is 0.860. The number of piperidine rings is 1. The predicted octanol–water partition coefficient (Wildman–Crippen LogP) is 2.97. The number of likely N-dealkylation sites (tertiary alicyclic amines) is 1. The van der Waals surface area contributed by atoms with Crippen molar-refractivity contribution in [3.8, 4) is 0 Å². The fourth-order valence-corrected chi connectivity index (χ4v) is 3.46. The van der Waals surface area contributed by atoms with Crippen LogP contribution in [0.1, 0.15) is 32.3 Å². The fraction of sp³-hybridized carbons (Fsp3) is 0.600. The summed E-state index contributed by atoms with van der Waals surface area (Å²) in [6.45, 7) is 7.50. The van der Waals surface area contributed by atoms with Gasteiger partial charge in [-0.05, 0) is 44.4 Å². The summed E-state index contributed by atoms with van der Waals surface area (Å²) >= 11 is 3.48. The Morgan fingerprint density at radius 2 is 1.86 bits per heavy atom. The van der Waals surface area contributed by atoms with Crippen molar-refractivity contribution in [1.82, 2.24) is 20.9 Å². The van der Waals surface area contributed by atoms with Gasteiger partial charge in [0.1, 0.15) is 0 Å². The summed E-state index contributed by atoms with van der Waals surface area (Å²) in [5.74, 6) is 0.782. The number of hydrogen-bond acceptors (Lipinski definition) is 3. The molecule has 2 rings (SSSR count). The van der Waals surface area contributed by atoms with E-state index in [2.05, 4.69) is 66.0 Å². The van der Waals surface area contributed by atoms with E-state index in [-0.39, 0.29) is 29.9 Å². The number of halogens is 2. The van der Waals surface area contributed by atoms with E-state index in [0.29, 0.717) is 12.6 Å². The van der Waals surface area contributed by atoms with E-state index >= 15 is 0 Å². The topological polar surface area (TPSA) is 68.8 Å². The number of guanidine groups is 1. The molecule has 1 aromatic carbocycles. The number of amides is 1. The molecule has 0 spiro atoms. The Kier molecular flexibility index (Phi) is 10.8. The van der Waals surface area contributed by atoms with E-state index in [4.69, 9.17) is 0 Å². The summed E-state index contributed by atoms with van der Waals surface area (Å²) in [4.78, 5) is 18.7. The molecule has 0 aromatic heterocycles. The maximum atomic E-state index is 11.9. The highest BCUT2D eigenvalue weighted by molar-refractivity contribution is 14.0. The van der Waals surface area contributed by atoms with Crippen molar-refractivity contribution in [2.24, 2.45) is 10.4 Å². The maximum absolute atomic E-state index is 11.9. The number of hydrogen-bond donors (Lipinski definition) is 3. The van der Waals surface area contributed by atoms with E-state index in [1.807, 2.05) is 13.8 Å². The molecule has 28 heavy (non-hydrogen) atoms. The highest BCUT2D eigenvalue weighted by atomic mass is 127. The Morgan fingerprint density at radius 1 is 1.25 bits per heavy atom. The van der Waals surface area contributed by atoms with Gasteiger partial charge in [0.25, 0.3) is 0 Å². The average molecular weight is 566 g/mol. The molecule has 0 bridgehead atoms. The van der Waals surface area contributed by atoms with Gasteiger partial charge in [-0.15, -0.1) is 24.0 Å². The van der Waals surface area contributed by atoms with Crippen LogP contribution in [0.2, 0.25) is 0 Å². The van der Waals surface area contributed by atoms with Gasteiger partial charge < -0.3 is 16.0 Å². The molecule has 0 aliphatic carbocycles. The largest absolute Gasteiger partial charge is 0.359 e. The number of aliphatic imine (C=N–C) groups is 1. The van der Waals surface area contributed by atoms with Crippen LogP contribution in [-0.4, -0.2) is 56.5 Å². The van der Waals surface area contributed by atoms with Crippen LogP contribution < -0.4 is 16.0 Å². The first-order valence-corrected chi connectivity index (χ1v) is 10.3. The number of nitrogens with one attached hydrogen (secondary N) is 3. The standard InChI is InChI=1S/C20H32BrN5O.HI/c1-20(2,18(27)22-3)14-24-19(23-4)25-17-9-11-26(12-10-17)13-15-5-7-16(21)8-6-15;/h5-8,17H,9-14H2,1-4H3,(H,22,27)(H2,23,24,25);1H. The van der Waals surface area contributed by atoms with Gasteiger partial charge in [0.2, 0.25) is 5.91 Å². The van der Waals surface area contributed by atoms with Crippen molar-refractivity contribution >= 4 is 51.8 Å². The first-order valence-electron chi connectivity index (χ1n) is 9.50. The molecule has 1 aromatic rings. The third-order valence-corrected chi connectivity index (χ3v) is 5.54. The van der Waals surface area contributed by atoms with Gasteiger partial charge in [-0.25, -0.2) is 0 Å². The summed E-state index contributed by atoms with van der Waals surface area (Å²) in [6.07, 6.45) is 2.16. The molecular weight excluding hydrogens is 533 g/mol. The van der Waals surface area contributed by atoms with E-state index in [0.717, 1.165) is 42.9 Å². The van der Waals surface area contributed by atoms with Gasteiger partial charge in [-0.1, -0.05) is 28.1 Å². The van der Waals surface area contributed by atoms with Crippen molar-refractivity contribution < 1.29 is 4.79 Å². The second-order valence-corrected chi connectivity index (χ2v) is 8.63. The van der Waals surface area contributed by atoms with Crippen molar-refractivity contribution in [3.05, 3.63) is 34.3 Å². The molecule has 1 aliphatic rings. The molecule has 6 nitrogen and oxygen atoms in total. The normalized spacial score (nSPS) is 16.2. The Balaban J connectivity index is 0.00000392. The van der Waals surface area contributed by atoms with Crippen LogP contribution in [0.25, 0.3) is 0 Å². The summed E-state index contributed by atoms with van der Waals surface area (Å²) < 4.78 is 1.12. The molecule has 1 saturated heterocycles. The summed E-state index contributed by atoms with van der Waals surface area (Å²) in [7, 11) is 3.43. The van der Waals surface area contributed by atoms with Gasteiger partial charge in [0, 0.05) is 50.8 Å². The number of carbonyl (C=O) groups excluding carboxylic acids is 1. The molecule has 0 unspecified atom stereocenters. The highest BCUT2D eigenvalue weighted by Crippen LogP contribution is 2.16. The lowest BCUT2D eigenvalue weighted by molar-refractivity contribution is -0.128. The maximum Gasteiger partial charge on any atom is 0.227 e. The number of nitrogens with zero attached hydrogens (tertiary/aromatic N) is 2. The first-order chi connectivity index (χ1) is 12.8. The van der Waals surface area contributed by atoms with Crippen molar-refractivity contribution in [1.29, 1.82) is 0 Å². The number of carbonyl (C=O) groups is 1.